The van der Waals surface area contributed by atoms with E-state index in [1.165, 1.54) is 10.9 Å². The van der Waals surface area contributed by atoms with E-state index in [1.807, 2.05) is 12.1 Å². The van der Waals surface area contributed by atoms with Crippen molar-refractivity contribution in [1.29, 1.82) is 0 Å². The van der Waals surface area contributed by atoms with E-state index >= 15 is 0 Å². The van der Waals surface area contributed by atoms with E-state index < -0.39 is 0 Å². The summed E-state index contributed by atoms with van der Waals surface area (Å²) < 4.78 is 0. The predicted molar refractivity (Wildman–Crippen MR) is 79.0 cm³/mol. The van der Waals surface area contributed by atoms with Gasteiger partial charge in [-0.1, -0.05) is 35.4 Å². The summed E-state index contributed by atoms with van der Waals surface area (Å²) in [7, 11) is 0. The zero-order chi connectivity index (χ0) is 13.2. The lowest BCUT2D eigenvalue weighted by Gasteiger charge is -2.08. The molecule has 0 atom stereocenters. The molecule has 0 aliphatic rings. The van der Waals surface area contributed by atoms with Gasteiger partial charge in [-0.3, -0.25) is 0 Å². The Bertz CT molecular complexity index is 723. The Morgan fingerprint density at radius 1 is 1.05 bits per heavy atom. The largest absolute Gasteiger partial charge is 0.338 e. The number of hydrogen-bond donors (Lipinski definition) is 1. The maximum atomic E-state index is 5.77. The Morgan fingerprint density at radius 2 is 1.95 bits per heavy atom. The maximum Gasteiger partial charge on any atom is 0.138 e. The summed E-state index contributed by atoms with van der Waals surface area (Å²) in [6.07, 6.45) is 3.49. The lowest BCUT2D eigenvalue weighted by molar-refractivity contribution is 1.29. The molecule has 0 unspecified atom stereocenters. The van der Waals surface area contributed by atoms with Crippen molar-refractivity contribution < 1.29 is 0 Å². The Labute approximate surface area is 116 Å². The smallest absolute Gasteiger partial charge is 0.138 e. The number of pyridine rings is 2. The highest BCUT2D eigenvalue weighted by Gasteiger charge is 2.03. The van der Waals surface area contributed by atoms with Gasteiger partial charge >= 0.3 is 0 Å². The number of rotatable bonds is 2. The fourth-order valence-corrected chi connectivity index (χ4v) is 2.10. The van der Waals surface area contributed by atoms with Gasteiger partial charge in [0, 0.05) is 11.6 Å². The topological polar surface area (TPSA) is 37.8 Å². The van der Waals surface area contributed by atoms with Crippen LogP contribution in [-0.4, -0.2) is 9.97 Å². The summed E-state index contributed by atoms with van der Waals surface area (Å²) in [5.41, 5.74) is 2.10. The molecule has 94 valence electrons. The molecule has 3 nitrogen and oxygen atoms in total. The van der Waals surface area contributed by atoms with Crippen molar-refractivity contribution in [2.45, 2.75) is 6.92 Å². The van der Waals surface area contributed by atoms with Gasteiger partial charge < -0.3 is 5.32 Å². The van der Waals surface area contributed by atoms with E-state index in [9.17, 15) is 0 Å². The first-order chi connectivity index (χ1) is 9.22. The Kier molecular flexibility index (Phi) is 3.05. The summed E-state index contributed by atoms with van der Waals surface area (Å²) in [6, 6.07) is 11.9. The summed E-state index contributed by atoms with van der Waals surface area (Å²) in [4.78, 5) is 8.43. The number of hydrogen-bond acceptors (Lipinski definition) is 3. The van der Waals surface area contributed by atoms with Crippen molar-refractivity contribution in [2.75, 3.05) is 5.32 Å². The van der Waals surface area contributed by atoms with Gasteiger partial charge in [-0.25, -0.2) is 9.97 Å². The van der Waals surface area contributed by atoms with Crippen LogP contribution in [0, 0.1) is 6.92 Å². The molecule has 0 fully saturated rings. The SMILES string of the molecule is Cc1ccc2c(Nc3ccc(Cl)nc3)nccc2c1. The van der Waals surface area contributed by atoms with Crippen LogP contribution in [0.5, 0.6) is 0 Å². The van der Waals surface area contributed by atoms with Crippen LogP contribution in [0.3, 0.4) is 0 Å². The zero-order valence-corrected chi connectivity index (χ0v) is 11.1. The van der Waals surface area contributed by atoms with Crippen molar-refractivity contribution >= 4 is 33.9 Å². The van der Waals surface area contributed by atoms with E-state index in [0.29, 0.717) is 5.15 Å². The van der Waals surface area contributed by atoms with Crippen molar-refractivity contribution in [3.8, 4) is 0 Å². The van der Waals surface area contributed by atoms with Crippen LogP contribution in [0.4, 0.5) is 11.5 Å². The van der Waals surface area contributed by atoms with Crippen molar-refractivity contribution in [3.63, 3.8) is 0 Å². The second kappa shape index (κ2) is 4.86. The third-order valence-electron chi connectivity index (χ3n) is 2.91. The average molecular weight is 270 g/mol. The van der Waals surface area contributed by atoms with Crippen LogP contribution in [0.1, 0.15) is 5.56 Å². The monoisotopic (exact) mass is 269 g/mol. The second-order valence-electron chi connectivity index (χ2n) is 4.38. The second-order valence-corrected chi connectivity index (χ2v) is 4.77. The molecule has 3 rings (SSSR count). The molecule has 0 amide bonds. The van der Waals surface area contributed by atoms with Gasteiger partial charge in [0.2, 0.25) is 0 Å². The van der Waals surface area contributed by atoms with Gasteiger partial charge in [-0.05, 0) is 30.5 Å². The average Bonchev–Trinajstić information content (AvgIpc) is 2.41. The number of aromatic nitrogens is 2. The third-order valence-corrected chi connectivity index (χ3v) is 3.13. The Morgan fingerprint density at radius 3 is 2.74 bits per heavy atom. The van der Waals surface area contributed by atoms with Crippen LogP contribution in [-0.2, 0) is 0 Å². The zero-order valence-electron chi connectivity index (χ0n) is 10.4. The molecule has 0 bridgehead atoms. The standard InChI is InChI=1S/C15H12ClN3/c1-10-2-4-13-11(8-10)6-7-17-15(13)19-12-3-5-14(16)18-9-12/h2-9H,1H3,(H,17,19). The van der Waals surface area contributed by atoms with Gasteiger partial charge in [0.25, 0.3) is 0 Å². The fourth-order valence-electron chi connectivity index (χ4n) is 1.98. The quantitative estimate of drug-likeness (QED) is 0.704. The molecule has 1 N–H and O–H groups in total. The van der Waals surface area contributed by atoms with Gasteiger partial charge in [-0.15, -0.1) is 0 Å². The van der Waals surface area contributed by atoms with Crippen LogP contribution >= 0.6 is 11.6 Å². The van der Waals surface area contributed by atoms with E-state index in [4.69, 9.17) is 11.6 Å². The van der Waals surface area contributed by atoms with Crippen LogP contribution in [0.25, 0.3) is 10.8 Å². The minimum Gasteiger partial charge on any atom is -0.338 e. The Balaban J connectivity index is 2.03. The Hall–Kier alpha value is -2.13. The van der Waals surface area contributed by atoms with Crippen LogP contribution in [0.2, 0.25) is 5.15 Å². The fraction of sp³-hybridized carbons (Fsp3) is 0.0667. The molecule has 2 aromatic heterocycles. The molecule has 0 radical (unpaired) electrons. The molecule has 0 aliphatic carbocycles. The highest BCUT2D eigenvalue weighted by atomic mass is 35.5. The normalized spacial score (nSPS) is 10.6. The van der Waals surface area contributed by atoms with Crippen LogP contribution < -0.4 is 5.32 Å². The minimum atomic E-state index is 0.479. The number of fused-ring (bicyclic) bond motifs is 1. The van der Waals surface area contributed by atoms with E-state index in [1.54, 1.807) is 18.5 Å². The van der Waals surface area contributed by atoms with Crippen molar-refractivity contribution in [3.05, 3.63) is 59.5 Å². The minimum absolute atomic E-state index is 0.479. The molecular formula is C15H12ClN3. The van der Waals surface area contributed by atoms with Gasteiger partial charge in [0.15, 0.2) is 0 Å². The van der Waals surface area contributed by atoms with Gasteiger partial charge in [0.1, 0.15) is 11.0 Å². The van der Waals surface area contributed by atoms with Crippen molar-refractivity contribution in [1.82, 2.24) is 9.97 Å². The highest BCUT2D eigenvalue weighted by molar-refractivity contribution is 6.29. The summed E-state index contributed by atoms with van der Waals surface area (Å²) >= 11 is 5.77. The first-order valence-corrected chi connectivity index (χ1v) is 6.34. The number of halogens is 1. The first kappa shape index (κ1) is 11.9. The molecule has 1 aromatic carbocycles. The van der Waals surface area contributed by atoms with Crippen LogP contribution in [0.15, 0.2) is 48.8 Å². The molecule has 4 heteroatoms. The number of nitrogens with one attached hydrogen (secondary N) is 1. The van der Waals surface area contributed by atoms with E-state index in [2.05, 4.69) is 40.4 Å². The lowest BCUT2D eigenvalue weighted by atomic mass is 10.1. The van der Waals surface area contributed by atoms with E-state index in [0.717, 1.165) is 16.9 Å². The summed E-state index contributed by atoms with van der Waals surface area (Å²) in [5, 5.41) is 5.99. The number of aryl methyl sites for hydroxylation is 1. The molecule has 2 heterocycles. The number of benzene rings is 1. The summed E-state index contributed by atoms with van der Waals surface area (Å²) in [6.45, 7) is 2.08. The molecule has 0 saturated heterocycles. The highest BCUT2D eigenvalue weighted by Crippen LogP contribution is 2.25. The molecule has 19 heavy (non-hydrogen) atoms. The number of nitrogens with zero attached hydrogens (tertiary/aromatic N) is 2. The molecule has 0 spiro atoms. The lowest BCUT2D eigenvalue weighted by Crippen LogP contribution is -1.95. The van der Waals surface area contributed by atoms with Crippen molar-refractivity contribution in [2.24, 2.45) is 0 Å². The molecule has 0 saturated carbocycles. The predicted octanol–water partition coefficient (Wildman–Crippen LogP) is 4.34. The first-order valence-electron chi connectivity index (χ1n) is 5.96. The molecule has 0 aliphatic heterocycles. The molecular weight excluding hydrogens is 258 g/mol. The molecule has 3 aromatic rings. The number of anilines is 2. The maximum absolute atomic E-state index is 5.77. The third kappa shape index (κ3) is 2.51. The van der Waals surface area contributed by atoms with Gasteiger partial charge in [-0.2, -0.15) is 0 Å². The van der Waals surface area contributed by atoms with Gasteiger partial charge in [0.05, 0.1) is 11.9 Å². The van der Waals surface area contributed by atoms with E-state index in [-0.39, 0.29) is 0 Å². The summed E-state index contributed by atoms with van der Waals surface area (Å²) in [5.74, 6) is 0.821.